The predicted octanol–water partition coefficient (Wildman–Crippen LogP) is 5.00. The number of rotatable bonds is 10. The molecule has 0 saturated carbocycles. The van der Waals surface area contributed by atoms with Gasteiger partial charge in [0.1, 0.15) is 21.3 Å². The molecular weight excluding hydrogens is 579 g/mol. The maximum Gasteiger partial charge on any atom is 0.248 e. The molecule has 3 N–H and O–H groups in total. The molecule has 0 aliphatic carbocycles. The van der Waals surface area contributed by atoms with E-state index in [9.17, 15) is 19.2 Å². The van der Waals surface area contributed by atoms with Gasteiger partial charge < -0.3 is 16.0 Å². The predicted molar refractivity (Wildman–Crippen MR) is 171 cm³/mol. The molecule has 2 atom stereocenters. The molecule has 0 radical (unpaired) electrons. The number of amides is 3. The van der Waals surface area contributed by atoms with Gasteiger partial charge in [-0.3, -0.25) is 24.2 Å². The van der Waals surface area contributed by atoms with Gasteiger partial charge in [-0.25, -0.2) is 4.98 Å². The standard InChI is InChI=1S/C26H37N5O4S3.C3H8/c1-3-4-5-6-7-11-23(34)36-12-9-8-10-18-13-20(32)27-15-22-30-19(16-37-22)24-31-26(2,17-38-24)25(35)28-14-21(33)29-18;1-3-2/h8,10,16,18H,3-7,9,11-15,17H2,1-2H3,(H,27,32)(H,28,35)(H,29,33);3H2,1-2H3/b10-8+;. The first-order valence-corrected chi connectivity index (χ1v) is 17.4. The first-order chi connectivity index (χ1) is 19.7. The number of hydrogen-bond acceptors (Lipinski definition) is 9. The van der Waals surface area contributed by atoms with E-state index in [0.717, 1.165) is 17.8 Å². The number of aliphatic imine (C=N–C) groups is 1. The highest BCUT2D eigenvalue weighted by atomic mass is 32.2. The highest BCUT2D eigenvalue weighted by molar-refractivity contribution is 8.14. The number of thioether (sulfide) groups is 2. The van der Waals surface area contributed by atoms with Crippen molar-refractivity contribution in [1.82, 2.24) is 20.9 Å². The van der Waals surface area contributed by atoms with Crippen LogP contribution >= 0.6 is 34.9 Å². The Balaban J connectivity index is 0.00000187. The van der Waals surface area contributed by atoms with Crippen LogP contribution in [-0.4, -0.2) is 62.5 Å². The van der Waals surface area contributed by atoms with Gasteiger partial charge in [0, 0.05) is 23.3 Å². The minimum Gasteiger partial charge on any atom is -0.350 e. The van der Waals surface area contributed by atoms with Crippen molar-refractivity contribution in [3.8, 4) is 0 Å². The average Bonchev–Trinajstić information content (AvgIpc) is 3.57. The number of hydrogen-bond donors (Lipinski definition) is 3. The zero-order valence-corrected chi connectivity index (χ0v) is 27.2. The summed E-state index contributed by atoms with van der Waals surface area (Å²) in [4.78, 5) is 59.2. The third-order valence-corrected chi connectivity index (χ3v) is 9.19. The molecule has 2 aliphatic heterocycles. The molecule has 3 heterocycles. The summed E-state index contributed by atoms with van der Waals surface area (Å²) in [6.45, 7) is 8.24. The molecule has 0 saturated heterocycles. The third-order valence-electron chi connectivity index (χ3n) is 6.10. The van der Waals surface area contributed by atoms with Crippen molar-refractivity contribution in [1.29, 1.82) is 0 Å². The van der Waals surface area contributed by atoms with Crippen LogP contribution in [0.2, 0.25) is 0 Å². The largest absolute Gasteiger partial charge is 0.350 e. The lowest BCUT2D eigenvalue weighted by Crippen LogP contribution is -2.48. The summed E-state index contributed by atoms with van der Waals surface area (Å²) < 4.78 is 0. The van der Waals surface area contributed by atoms with E-state index in [-0.39, 0.29) is 42.3 Å². The summed E-state index contributed by atoms with van der Waals surface area (Å²) in [5.74, 6) is 0.180. The Morgan fingerprint density at radius 2 is 1.85 bits per heavy atom. The van der Waals surface area contributed by atoms with Crippen LogP contribution in [0.15, 0.2) is 22.5 Å². The molecule has 0 spiro atoms. The van der Waals surface area contributed by atoms with Gasteiger partial charge in [-0.1, -0.05) is 76.8 Å². The normalized spacial score (nSPS) is 21.4. The Morgan fingerprint density at radius 1 is 1.10 bits per heavy atom. The number of carbonyl (C=O) groups is 4. The van der Waals surface area contributed by atoms with Crippen LogP contribution in [-0.2, 0) is 25.7 Å². The molecule has 3 rings (SSSR count). The minimum atomic E-state index is -0.973. The smallest absolute Gasteiger partial charge is 0.248 e. The molecule has 1 aromatic rings. The lowest BCUT2D eigenvalue weighted by molar-refractivity contribution is -0.129. The first-order valence-electron chi connectivity index (χ1n) is 14.5. The summed E-state index contributed by atoms with van der Waals surface area (Å²) in [7, 11) is 0. The van der Waals surface area contributed by atoms with Crippen molar-refractivity contribution in [3.05, 3.63) is 28.2 Å². The summed E-state index contributed by atoms with van der Waals surface area (Å²) in [6.07, 6.45) is 11.8. The van der Waals surface area contributed by atoms with Gasteiger partial charge in [-0.05, 0) is 19.8 Å². The Bertz CT molecular complexity index is 1070. The molecule has 12 heteroatoms. The maximum absolute atomic E-state index is 12.8. The van der Waals surface area contributed by atoms with Crippen LogP contribution in [0.25, 0.3) is 0 Å². The molecule has 1 aromatic heterocycles. The monoisotopic (exact) mass is 623 g/mol. The molecular formula is C29H45N5O4S3. The van der Waals surface area contributed by atoms with Gasteiger partial charge in [-0.15, -0.1) is 23.1 Å². The van der Waals surface area contributed by atoms with Gasteiger partial charge in [0.15, 0.2) is 5.12 Å². The van der Waals surface area contributed by atoms with Crippen molar-refractivity contribution < 1.29 is 19.2 Å². The number of allylic oxidation sites excluding steroid dienone is 1. The SMILES string of the molecule is CCC.CCCCCCCC(=O)SCC/C=C/C1CC(=O)NCc2nc(cs2)C2=NC(C)(CS2)C(=O)NCC(=O)N1. The van der Waals surface area contributed by atoms with E-state index in [1.165, 1.54) is 60.5 Å². The van der Waals surface area contributed by atoms with E-state index >= 15 is 0 Å². The highest BCUT2D eigenvalue weighted by Crippen LogP contribution is 2.31. The minimum absolute atomic E-state index is 0.0541. The summed E-state index contributed by atoms with van der Waals surface area (Å²) in [6, 6.07) is -0.541. The van der Waals surface area contributed by atoms with Gasteiger partial charge in [0.25, 0.3) is 0 Å². The number of unbranched alkanes of at least 4 members (excludes halogenated alkanes) is 4. The number of nitrogens with one attached hydrogen (secondary N) is 3. The fourth-order valence-corrected chi connectivity index (χ4v) is 6.60. The molecule has 0 aromatic carbocycles. The molecule has 0 fully saturated rings. The number of nitrogens with zero attached hydrogens (tertiary/aromatic N) is 2. The fraction of sp³-hybridized carbons (Fsp3) is 0.655. The lowest BCUT2D eigenvalue weighted by Gasteiger charge is -2.20. The topological polar surface area (TPSA) is 130 Å². The number of aromatic nitrogens is 1. The van der Waals surface area contributed by atoms with E-state index in [1.54, 1.807) is 13.0 Å². The molecule has 2 unspecified atom stereocenters. The van der Waals surface area contributed by atoms with Crippen molar-refractivity contribution in [2.75, 3.05) is 18.1 Å². The van der Waals surface area contributed by atoms with Crippen molar-refractivity contribution >= 4 is 62.7 Å². The summed E-state index contributed by atoms with van der Waals surface area (Å²) in [5.41, 5.74) is -0.279. The van der Waals surface area contributed by atoms with E-state index < -0.39 is 11.6 Å². The second-order valence-corrected chi connectivity index (χ2v) is 13.3. The van der Waals surface area contributed by atoms with E-state index in [4.69, 9.17) is 0 Å². The van der Waals surface area contributed by atoms with Crippen LogP contribution < -0.4 is 16.0 Å². The number of carbonyl (C=O) groups excluding carboxylic acids is 4. The lowest BCUT2D eigenvalue weighted by atomic mass is 10.1. The third kappa shape index (κ3) is 13.1. The Kier molecular flexibility index (Phi) is 16.3. The van der Waals surface area contributed by atoms with E-state index in [0.29, 0.717) is 35.1 Å². The molecule has 4 bridgehead atoms. The van der Waals surface area contributed by atoms with Crippen molar-refractivity contribution in [3.63, 3.8) is 0 Å². The summed E-state index contributed by atoms with van der Waals surface area (Å²) in [5, 5.41) is 11.9. The first kappa shape index (κ1) is 35.0. The zero-order valence-electron chi connectivity index (χ0n) is 24.8. The van der Waals surface area contributed by atoms with Crippen LogP contribution in [0.4, 0.5) is 0 Å². The van der Waals surface area contributed by atoms with Gasteiger partial charge in [-0.2, -0.15) is 0 Å². The number of fused-ring (bicyclic) bond motifs is 4. The van der Waals surface area contributed by atoms with Crippen LogP contribution in [0.1, 0.15) is 96.2 Å². The fourth-order valence-electron chi connectivity index (χ4n) is 3.90. The quantitative estimate of drug-likeness (QED) is 0.247. The van der Waals surface area contributed by atoms with E-state index in [1.807, 2.05) is 11.5 Å². The maximum atomic E-state index is 12.8. The van der Waals surface area contributed by atoms with Gasteiger partial charge >= 0.3 is 0 Å². The van der Waals surface area contributed by atoms with Crippen molar-refractivity contribution in [2.45, 2.75) is 104 Å². The average molecular weight is 624 g/mol. The second-order valence-electron chi connectivity index (χ2n) is 10.3. The Morgan fingerprint density at radius 3 is 2.61 bits per heavy atom. The van der Waals surface area contributed by atoms with Crippen LogP contribution in [0.5, 0.6) is 0 Å². The highest BCUT2D eigenvalue weighted by Gasteiger charge is 2.39. The van der Waals surface area contributed by atoms with Crippen molar-refractivity contribution in [2.24, 2.45) is 4.99 Å². The molecule has 228 valence electrons. The Hall–Kier alpha value is -2.18. The van der Waals surface area contributed by atoms with Gasteiger partial charge in [0.05, 0.1) is 25.6 Å². The van der Waals surface area contributed by atoms with Crippen LogP contribution in [0.3, 0.4) is 0 Å². The van der Waals surface area contributed by atoms with E-state index in [2.05, 4.69) is 46.7 Å². The molecule has 41 heavy (non-hydrogen) atoms. The van der Waals surface area contributed by atoms with Gasteiger partial charge in [0.2, 0.25) is 17.7 Å². The summed E-state index contributed by atoms with van der Waals surface area (Å²) >= 11 is 4.21. The number of thiazole rings is 1. The zero-order chi connectivity index (χ0) is 30.1. The molecule has 3 amide bonds. The molecule has 9 nitrogen and oxygen atoms in total. The van der Waals surface area contributed by atoms with Crippen LogP contribution in [0, 0.1) is 0 Å². The second kappa shape index (κ2) is 19.1. The Labute approximate surface area is 257 Å². The molecule has 2 aliphatic rings.